The molecule has 0 radical (unpaired) electrons. The van der Waals surface area contributed by atoms with E-state index in [9.17, 15) is 9.59 Å². The topological polar surface area (TPSA) is 74.1 Å². The lowest BCUT2D eigenvalue weighted by Crippen LogP contribution is -2.23. The van der Waals surface area contributed by atoms with Gasteiger partial charge in [-0.15, -0.1) is 11.3 Å². The Hall–Kier alpha value is -1.67. The van der Waals surface area contributed by atoms with Gasteiger partial charge in [0.25, 0.3) is 5.56 Å². The van der Waals surface area contributed by atoms with Gasteiger partial charge in [0.1, 0.15) is 5.01 Å². The lowest BCUT2D eigenvalue weighted by molar-refractivity contribution is 0.0520. The van der Waals surface area contributed by atoms with E-state index in [1.807, 2.05) is 6.92 Å². The van der Waals surface area contributed by atoms with E-state index in [1.165, 1.54) is 27.7 Å². The van der Waals surface area contributed by atoms with Gasteiger partial charge >= 0.3 is 5.97 Å². The van der Waals surface area contributed by atoms with Gasteiger partial charge in [0.15, 0.2) is 10.9 Å². The van der Waals surface area contributed by atoms with Crippen molar-refractivity contribution in [3.8, 4) is 0 Å². The molecule has 0 N–H and O–H groups in total. The minimum Gasteiger partial charge on any atom is -0.461 e. The van der Waals surface area contributed by atoms with Crippen LogP contribution in [0.1, 0.15) is 33.7 Å². The van der Waals surface area contributed by atoms with Gasteiger partial charge in [-0.3, -0.25) is 9.36 Å². The van der Waals surface area contributed by atoms with Crippen molar-refractivity contribution in [3.05, 3.63) is 37.7 Å². The molecule has 2 aromatic rings. The first-order chi connectivity index (χ1) is 10.4. The molecule has 0 saturated carbocycles. The molecule has 0 saturated heterocycles. The van der Waals surface area contributed by atoms with E-state index in [0.29, 0.717) is 28.8 Å². The number of esters is 1. The molecule has 22 heavy (non-hydrogen) atoms. The largest absolute Gasteiger partial charge is 0.461 e. The second-order valence-corrected chi connectivity index (χ2v) is 6.49. The molecular weight excluding hydrogens is 322 g/mol. The summed E-state index contributed by atoms with van der Waals surface area (Å²) in [5, 5.41) is 3.11. The Morgan fingerprint density at radius 3 is 2.82 bits per heavy atom. The molecular formula is C14H17N3O3S2. The number of aromatic nitrogens is 3. The number of thiazole rings is 1. The third-order valence-electron chi connectivity index (χ3n) is 3.08. The van der Waals surface area contributed by atoms with E-state index in [4.69, 9.17) is 4.74 Å². The van der Waals surface area contributed by atoms with Gasteiger partial charge in [0.2, 0.25) is 0 Å². The Kier molecular flexibility index (Phi) is 5.36. The zero-order valence-corrected chi connectivity index (χ0v) is 14.5. The van der Waals surface area contributed by atoms with Crippen LogP contribution in [0.15, 0.2) is 15.3 Å². The zero-order valence-electron chi connectivity index (χ0n) is 12.9. The monoisotopic (exact) mass is 339 g/mol. The number of rotatable bonds is 5. The van der Waals surface area contributed by atoms with Gasteiger partial charge in [0.05, 0.1) is 12.4 Å². The Balaban J connectivity index is 2.11. The Morgan fingerprint density at radius 2 is 2.14 bits per heavy atom. The molecule has 0 bridgehead atoms. The Morgan fingerprint density at radius 1 is 1.41 bits per heavy atom. The van der Waals surface area contributed by atoms with Gasteiger partial charge in [-0.1, -0.05) is 11.8 Å². The second-order valence-electron chi connectivity index (χ2n) is 4.60. The fourth-order valence-electron chi connectivity index (χ4n) is 1.73. The number of hydrogen-bond donors (Lipinski definition) is 0. The normalized spacial score (nSPS) is 10.7. The van der Waals surface area contributed by atoms with E-state index >= 15 is 0 Å². The summed E-state index contributed by atoms with van der Waals surface area (Å²) in [6, 6.07) is 0. The lowest BCUT2D eigenvalue weighted by Gasteiger charge is -2.08. The molecule has 118 valence electrons. The summed E-state index contributed by atoms with van der Waals surface area (Å²) in [4.78, 5) is 32.3. The summed E-state index contributed by atoms with van der Waals surface area (Å²) in [7, 11) is 1.70. The minimum absolute atomic E-state index is 0.0404. The molecule has 6 nitrogen and oxygen atoms in total. The molecule has 2 aromatic heterocycles. The number of carbonyl (C=O) groups is 1. The number of ether oxygens (including phenoxy) is 1. The van der Waals surface area contributed by atoms with Crippen molar-refractivity contribution in [2.45, 2.75) is 31.7 Å². The highest BCUT2D eigenvalue weighted by atomic mass is 32.2. The number of thioether (sulfide) groups is 1. The third-order valence-corrected chi connectivity index (χ3v) is 5.15. The maximum absolute atomic E-state index is 12.0. The quantitative estimate of drug-likeness (QED) is 0.473. The summed E-state index contributed by atoms with van der Waals surface area (Å²) in [5.74, 6) is 0.138. The fraction of sp³-hybridized carbons (Fsp3) is 0.429. The van der Waals surface area contributed by atoms with Crippen LogP contribution < -0.4 is 5.56 Å². The van der Waals surface area contributed by atoms with Crippen LogP contribution in [0.3, 0.4) is 0 Å². The predicted octanol–water partition coefficient (Wildman–Crippen LogP) is 2.32. The van der Waals surface area contributed by atoms with Crippen molar-refractivity contribution < 1.29 is 9.53 Å². The van der Waals surface area contributed by atoms with Crippen molar-refractivity contribution >= 4 is 29.1 Å². The molecule has 0 fully saturated rings. The molecule has 0 spiro atoms. The molecule has 0 aromatic carbocycles. The van der Waals surface area contributed by atoms with Crippen LogP contribution in [0.5, 0.6) is 0 Å². The first kappa shape index (κ1) is 16.7. The van der Waals surface area contributed by atoms with Crippen LogP contribution >= 0.6 is 23.1 Å². The van der Waals surface area contributed by atoms with Crippen molar-refractivity contribution in [1.82, 2.24) is 14.5 Å². The standard InChI is InChI=1S/C14H17N3O3S2/c1-5-20-13(19)10-6-21-11(16-10)7-22-14-15-9(3)8(2)12(18)17(14)4/h6H,5,7H2,1-4H3. The van der Waals surface area contributed by atoms with Crippen molar-refractivity contribution in [1.29, 1.82) is 0 Å². The highest BCUT2D eigenvalue weighted by Gasteiger charge is 2.13. The van der Waals surface area contributed by atoms with Gasteiger partial charge < -0.3 is 4.74 Å². The summed E-state index contributed by atoms with van der Waals surface area (Å²) >= 11 is 2.82. The highest BCUT2D eigenvalue weighted by Crippen LogP contribution is 2.22. The van der Waals surface area contributed by atoms with Gasteiger partial charge in [-0.05, 0) is 20.8 Å². The molecule has 0 aliphatic carbocycles. The van der Waals surface area contributed by atoms with Crippen molar-refractivity contribution in [3.63, 3.8) is 0 Å². The van der Waals surface area contributed by atoms with E-state index in [-0.39, 0.29) is 5.56 Å². The van der Waals surface area contributed by atoms with Gasteiger partial charge in [0, 0.05) is 23.7 Å². The molecule has 0 atom stereocenters. The number of hydrogen-bond acceptors (Lipinski definition) is 7. The number of nitrogens with zero attached hydrogens (tertiary/aromatic N) is 3. The predicted molar refractivity (Wildman–Crippen MR) is 86.6 cm³/mol. The van der Waals surface area contributed by atoms with E-state index < -0.39 is 5.97 Å². The average molecular weight is 339 g/mol. The summed E-state index contributed by atoms with van der Waals surface area (Å²) in [6.07, 6.45) is 0. The van der Waals surface area contributed by atoms with Crippen LogP contribution in [0, 0.1) is 13.8 Å². The van der Waals surface area contributed by atoms with E-state index in [2.05, 4.69) is 9.97 Å². The van der Waals surface area contributed by atoms with Crippen LogP contribution in [0.2, 0.25) is 0 Å². The molecule has 2 heterocycles. The number of carbonyl (C=O) groups excluding carboxylic acids is 1. The lowest BCUT2D eigenvalue weighted by atomic mass is 10.3. The molecule has 0 unspecified atom stereocenters. The molecule has 0 aliphatic rings. The van der Waals surface area contributed by atoms with Gasteiger partial charge in [-0.25, -0.2) is 14.8 Å². The maximum Gasteiger partial charge on any atom is 0.357 e. The van der Waals surface area contributed by atoms with E-state index in [1.54, 1.807) is 26.3 Å². The second kappa shape index (κ2) is 7.06. The van der Waals surface area contributed by atoms with Crippen molar-refractivity contribution in [2.24, 2.45) is 7.05 Å². The highest BCUT2D eigenvalue weighted by molar-refractivity contribution is 7.98. The smallest absolute Gasteiger partial charge is 0.357 e. The zero-order chi connectivity index (χ0) is 16.3. The average Bonchev–Trinajstić information content (AvgIpc) is 2.97. The van der Waals surface area contributed by atoms with Crippen LogP contribution in [-0.2, 0) is 17.5 Å². The third kappa shape index (κ3) is 3.56. The molecule has 2 rings (SSSR count). The number of aryl methyl sites for hydroxylation is 1. The minimum atomic E-state index is -0.410. The maximum atomic E-state index is 12.0. The van der Waals surface area contributed by atoms with Crippen LogP contribution in [-0.4, -0.2) is 27.1 Å². The Bertz CT molecular complexity index is 752. The summed E-state index contributed by atoms with van der Waals surface area (Å²) < 4.78 is 6.44. The fourth-order valence-corrected chi connectivity index (χ4v) is 3.52. The SMILES string of the molecule is CCOC(=O)c1csc(CSc2nc(C)c(C)c(=O)n2C)n1. The molecule has 0 amide bonds. The molecule has 0 aliphatic heterocycles. The first-order valence-corrected chi connectivity index (χ1v) is 8.59. The summed E-state index contributed by atoms with van der Waals surface area (Å²) in [5.41, 5.74) is 1.67. The van der Waals surface area contributed by atoms with Crippen molar-refractivity contribution in [2.75, 3.05) is 6.61 Å². The molecule has 8 heteroatoms. The van der Waals surface area contributed by atoms with Crippen LogP contribution in [0.25, 0.3) is 0 Å². The van der Waals surface area contributed by atoms with Crippen LogP contribution in [0.4, 0.5) is 0 Å². The van der Waals surface area contributed by atoms with E-state index in [0.717, 1.165) is 10.7 Å². The Labute approximate surface area is 136 Å². The summed E-state index contributed by atoms with van der Waals surface area (Å²) in [6.45, 7) is 5.68. The van der Waals surface area contributed by atoms with Gasteiger partial charge in [-0.2, -0.15) is 0 Å². The first-order valence-electron chi connectivity index (χ1n) is 6.72.